The Balaban J connectivity index is 3.34. The standard InChI is InChI=1S/C6H5N3O/c7-2-4-1-5(8)6(10)9-3-4/h1,3H,8H2,(H,9,10). The van der Waals surface area contributed by atoms with Crippen LogP contribution in [0.2, 0.25) is 0 Å². The SMILES string of the molecule is N#Cc1c[nH]c(=O)c(N)c1. The number of nitrogen functional groups attached to an aromatic ring is 1. The van der Waals surface area contributed by atoms with Crippen LogP contribution in [0.5, 0.6) is 0 Å². The maximum Gasteiger partial charge on any atom is 0.271 e. The maximum atomic E-state index is 10.6. The smallest absolute Gasteiger partial charge is 0.271 e. The van der Waals surface area contributed by atoms with Crippen LogP contribution in [-0.4, -0.2) is 4.98 Å². The van der Waals surface area contributed by atoms with Crippen LogP contribution in [0.3, 0.4) is 0 Å². The molecule has 0 aliphatic heterocycles. The fourth-order valence-electron chi connectivity index (χ4n) is 0.566. The zero-order valence-electron chi connectivity index (χ0n) is 5.09. The summed E-state index contributed by atoms with van der Waals surface area (Å²) in [5.74, 6) is 0. The number of H-pyrrole nitrogens is 1. The fraction of sp³-hybridized carbons (Fsp3) is 0. The lowest BCUT2D eigenvalue weighted by Gasteiger charge is -1.89. The quantitative estimate of drug-likeness (QED) is 0.518. The summed E-state index contributed by atoms with van der Waals surface area (Å²) in [6, 6.07) is 3.18. The van der Waals surface area contributed by atoms with E-state index >= 15 is 0 Å². The Kier molecular flexibility index (Phi) is 1.42. The number of aromatic amines is 1. The minimum atomic E-state index is -0.362. The average molecular weight is 135 g/mol. The summed E-state index contributed by atoms with van der Waals surface area (Å²) in [5.41, 5.74) is 5.27. The number of nitrogens with two attached hydrogens (primary N) is 1. The second-order valence-electron chi connectivity index (χ2n) is 1.78. The molecule has 0 bridgehead atoms. The first-order chi connectivity index (χ1) is 4.74. The summed E-state index contributed by atoms with van der Waals surface area (Å²) >= 11 is 0. The molecule has 0 aliphatic rings. The minimum Gasteiger partial charge on any atom is -0.394 e. The van der Waals surface area contributed by atoms with Gasteiger partial charge in [0.1, 0.15) is 6.07 Å². The normalized spacial score (nSPS) is 8.70. The third kappa shape index (κ3) is 0.977. The molecule has 0 aromatic carbocycles. The average Bonchev–Trinajstić information content (AvgIpc) is 1.95. The van der Waals surface area contributed by atoms with Crippen LogP contribution >= 0.6 is 0 Å². The summed E-state index contributed by atoms with van der Waals surface area (Å²) in [7, 11) is 0. The molecule has 4 nitrogen and oxygen atoms in total. The van der Waals surface area contributed by atoms with Gasteiger partial charge in [-0.3, -0.25) is 4.79 Å². The first kappa shape index (κ1) is 6.36. The highest BCUT2D eigenvalue weighted by Crippen LogP contribution is 1.95. The number of anilines is 1. The summed E-state index contributed by atoms with van der Waals surface area (Å²) in [6.07, 6.45) is 1.32. The predicted molar refractivity (Wildman–Crippen MR) is 36.2 cm³/mol. The van der Waals surface area contributed by atoms with Crippen LogP contribution in [0, 0.1) is 11.3 Å². The summed E-state index contributed by atoms with van der Waals surface area (Å²) in [4.78, 5) is 12.9. The van der Waals surface area contributed by atoms with E-state index in [1.54, 1.807) is 0 Å². The van der Waals surface area contributed by atoms with Gasteiger partial charge in [-0.15, -0.1) is 0 Å². The zero-order valence-corrected chi connectivity index (χ0v) is 5.09. The molecule has 4 heteroatoms. The van der Waals surface area contributed by atoms with Crippen molar-refractivity contribution in [2.45, 2.75) is 0 Å². The number of nitrogens with one attached hydrogen (secondary N) is 1. The van der Waals surface area contributed by atoms with Gasteiger partial charge in [-0.1, -0.05) is 0 Å². The van der Waals surface area contributed by atoms with Crippen LogP contribution in [-0.2, 0) is 0 Å². The predicted octanol–water partition coefficient (Wildman–Crippen LogP) is -0.171. The van der Waals surface area contributed by atoms with Crippen molar-refractivity contribution >= 4 is 5.69 Å². The van der Waals surface area contributed by atoms with E-state index in [0.29, 0.717) is 5.56 Å². The molecule has 0 saturated carbocycles. The molecule has 0 amide bonds. The molecule has 50 valence electrons. The highest BCUT2D eigenvalue weighted by molar-refractivity contribution is 5.41. The molecule has 0 fully saturated rings. The Morgan fingerprint density at radius 1 is 1.70 bits per heavy atom. The van der Waals surface area contributed by atoms with E-state index < -0.39 is 0 Å². The van der Waals surface area contributed by atoms with Crippen LogP contribution in [0.25, 0.3) is 0 Å². The molecule has 1 aromatic heterocycles. The second-order valence-corrected chi connectivity index (χ2v) is 1.78. The molecule has 0 radical (unpaired) electrons. The maximum absolute atomic E-state index is 10.6. The Morgan fingerprint density at radius 2 is 2.40 bits per heavy atom. The number of hydrogen-bond donors (Lipinski definition) is 2. The van der Waals surface area contributed by atoms with Gasteiger partial charge in [-0.05, 0) is 6.07 Å². The van der Waals surface area contributed by atoms with Gasteiger partial charge < -0.3 is 10.7 Å². The van der Waals surface area contributed by atoms with Crippen molar-refractivity contribution in [3.8, 4) is 6.07 Å². The minimum absolute atomic E-state index is 0.0686. The number of rotatable bonds is 0. The second kappa shape index (κ2) is 2.23. The van der Waals surface area contributed by atoms with Crippen molar-refractivity contribution in [2.24, 2.45) is 0 Å². The Labute approximate surface area is 56.9 Å². The van der Waals surface area contributed by atoms with Gasteiger partial charge in [0.15, 0.2) is 0 Å². The zero-order chi connectivity index (χ0) is 7.56. The molecule has 0 spiro atoms. The topological polar surface area (TPSA) is 82.7 Å². The lowest BCUT2D eigenvalue weighted by molar-refractivity contribution is 1.23. The van der Waals surface area contributed by atoms with Gasteiger partial charge in [0.25, 0.3) is 5.56 Å². The van der Waals surface area contributed by atoms with Gasteiger partial charge >= 0.3 is 0 Å². The van der Waals surface area contributed by atoms with Crippen molar-refractivity contribution in [2.75, 3.05) is 5.73 Å². The molecule has 1 rings (SSSR count). The van der Waals surface area contributed by atoms with E-state index in [9.17, 15) is 4.79 Å². The molecule has 0 unspecified atom stereocenters. The fourth-order valence-corrected chi connectivity index (χ4v) is 0.566. The molecule has 0 atom stereocenters. The van der Waals surface area contributed by atoms with E-state index in [4.69, 9.17) is 11.0 Å². The van der Waals surface area contributed by atoms with E-state index in [1.807, 2.05) is 6.07 Å². The van der Waals surface area contributed by atoms with E-state index in [-0.39, 0.29) is 11.2 Å². The largest absolute Gasteiger partial charge is 0.394 e. The van der Waals surface area contributed by atoms with Gasteiger partial charge in [0.05, 0.1) is 11.3 Å². The highest BCUT2D eigenvalue weighted by atomic mass is 16.1. The first-order valence-corrected chi connectivity index (χ1v) is 2.62. The number of pyridine rings is 1. The molecule has 1 aromatic rings. The van der Waals surface area contributed by atoms with Gasteiger partial charge in [0.2, 0.25) is 0 Å². The Bertz CT molecular complexity index is 334. The van der Waals surface area contributed by atoms with E-state index in [0.717, 1.165) is 0 Å². The van der Waals surface area contributed by atoms with Crippen LogP contribution in [0.4, 0.5) is 5.69 Å². The monoisotopic (exact) mass is 135 g/mol. The molecular formula is C6H5N3O. The molecular weight excluding hydrogens is 130 g/mol. The van der Waals surface area contributed by atoms with E-state index in [2.05, 4.69) is 4.98 Å². The van der Waals surface area contributed by atoms with Crippen molar-refractivity contribution in [1.82, 2.24) is 4.98 Å². The Hall–Kier alpha value is -1.76. The molecule has 1 heterocycles. The van der Waals surface area contributed by atoms with Gasteiger partial charge in [-0.25, -0.2) is 0 Å². The van der Waals surface area contributed by atoms with Crippen molar-refractivity contribution < 1.29 is 0 Å². The number of hydrogen-bond acceptors (Lipinski definition) is 3. The third-order valence-electron chi connectivity index (χ3n) is 1.06. The molecule has 3 N–H and O–H groups in total. The molecule has 0 saturated heterocycles. The highest BCUT2D eigenvalue weighted by Gasteiger charge is 1.93. The third-order valence-corrected chi connectivity index (χ3v) is 1.06. The van der Waals surface area contributed by atoms with Crippen molar-refractivity contribution in [3.05, 3.63) is 28.2 Å². The van der Waals surface area contributed by atoms with E-state index in [1.165, 1.54) is 12.3 Å². The Morgan fingerprint density at radius 3 is 2.90 bits per heavy atom. The molecule has 0 aliphatic carbocycles. The number of aromatic nitrogens is 1. The lowest BCUT2D eigenvalue weighted by atomic mass is 10.3. The number of nitrogens with zero attached hydrogens (tertiary/aromatic N) is 1. The van der Waals surface area contributed by atoms with Crippen LogP contribution in [0.1, 0.15) is 5.56 Å². The lowest BCUT2D eigenvalue weighted by Crippen LogP contribution is -2.10. The van der Waals surface area contributed by atoms with Crippen LogP contribution < -0.4 is 11.3 Å². The first-order valence-electron chi connectivity index (χ1n) is 2.62. The van der Waals surface area contributed by atoms with Crippen molar-refractivity contribution in [3.63, 3.8) is 0 Å². The van der Waals surface area contributed by atoms with Gasteiger partial charge in [-0.2, -0.15) is 5.26 Å². The summed E-state index contributed by atoms with van der Waals surface area (Å²) in [6.45, 7) is 0. The van der Waals surface area contributed by atoms with Gasteiger partial charge in [0, 0.05) is 6.20 Å². The van der Waals surface area contributed by atoms with Crippen LogP contribution in [0.15, 0.2) is 17.1 Å². The van der Waals surface area contributed by atoms with Crippen molar-refractivity contribution in [1.29, 1.82) is 5.26 Å². The summed E-state index contributed by atoms with van der Waals surface area (Å²) < 4.78 is 0. The number of nitriles is 1. The molecule has 10 heavy (non-hydrogen) atoms. The summed E-state index contributed by atoms with van der Waals surface area (Å²) in [5, 5.41) is 8.33.